The molecule has 0 saturated carbocycles. The molecule has 1 aromatic rings. The minimum absolute atomic E-state index is 0.117. The molecule has 3 nitrogen and oxygen atoms in total. The maximum absolute atomic E-state index is 13.2. The van der Waals surface area contributed by atoms with Gasteiger partial charge in [0.15, 0.2) is 0 Å². The quantitative estimate of drug-likeness (QED) is 0.919. The largest absolute Gasteiger partial charge is 0.481 e. The van der Waals surface area contributed by atoms with Gasteiger partial charge in [-0.15, -0.1) is 0 Å². The molecule has 0 amide bonds. The molecule has 2 unspecified atom stereocenters. The normalized spacial score (nSPS) is 24.4. The Morgan fingerprint density at radius 2 is 2.22 bits per heavy atom. The van der Waals surface area contributed by atoms with Crippen LogP contribution in [0.5, 0.6) is 0 Å². The van der Waals surface area contributed by atoms with Crippen molar-refractivity contribution in [2.24, 2.45) is 11.8 Å². The number of halogens is 2. The molecule has 2 atom stereocenters. The third-order valence-corrected chi connectivity index (χ3v) is 3.55. The van der Waals surface area contributed by atoms with Crippen LogP contribution in [0, 0.1) is 17.7 Å². The van der Waals surface area contributed by atoms with E-state index in [0.717, 1.165) is 5.56 Å². The first-order chi connectivity index (χ1) is 8.45. The Bertz CT molecular complexity index is 446. The molecule has 1 aromatic carbocycles. The van der Waals surface area contributed by atoms with E-state index in [1.165, 1.54) is 12.1 Å². The van der Waals surface area contributed by atoms with Crippen LogP contribution in [0.2, 0.25) is 5.02 Å². The third-order valence-electron chi connectivity index (χ3n) is 3.33. The highest BCUT2D eigenvalue weighted by Gasteiger charge is 2.34. The van der Waals surface area contributed by atoms with Crippen molar-refractivity contribution in [2.45, 2.75) is 13.5 Å². The second kappa shape index (κ2) is 5.24. The highest BCUT2D eigenvalue weighted by atomic mass is 35.5. The molecular weight excluding hydrogens is 257 g/mol. The predicted molar refractivity (Wildman–Crippen MR) is 67.0 cm³/mol. The summed E-state index contributed by atoms with van der Waals surface area (Å²) in [6.45, 7) is 3.68. The maximum atomic E-state index is 13.2. The van der Waals surface area contributed by atoms with E-state index in [-0.39, 0.29) is 17.7 Å². The van der Waals surface area contributed by atoms with Crippen molar-refractivity contribution in [1.29, 1.82) is 0 Å². The number of nitrogens with zero attached hydrogens (tertiary/aromatic N) is 1. The topological polar surface area (TPSA) is 40.5 Å². The Balaban J connectivity index is 2.05. The van der Waals surface area contributed by atoms with Crippen LogP contribution in [0.1, 0.15) is 12.5 Å². The Morgan fingerprint density at radius 1 is 1.50 bits per heavy atom. The highest BCUT2D eigenvalue weighted by molar-refractivity contribution is 6.30. The summed E-state index contributed by atoms with van der Waals surface area (Å²) in [5.74, 6) is -1.35. The van der Waals surface area contributed by atoms with Crippen LogP contribution < -0.4 is 0 Å². The zero-order chi connectivity index (χ0) is 13.3. The zero-order valence-electron chi connectivity index (χ0n) is 10.1. The van der Waals surface area contributed by atoms with Gasteiger partial charge in [-0.25, -0.2) is 4.39 Å². The lowest BCUT2D eigenvalue weighted by molar-refractivity contribution is -0.142. The summed E-state index contributed by atoms with van der Waals surface area (Å²) in [4.78, 5) is 13.0. The third kappa shape index (κ3) is 3.00. The molecule has 0 bridgehead atoms. The van der Waals surface area contributed by atoms with Crippen molar-refractivity contribution in [2.75, 3.05) is 13.1 Å². The molecule has 98 valence electrons. The van der Waals surface area contributed by atoms with Gasteiger partial charge in [0.25, 0.3) is 0 Å². The number of carbonyl (C=O) groups is 1. The van der Waals surface area contributed by atoms with Gasteiger partial charge in [-0.05, 0) is 29.7 Å². The molecular formula is C13H15ClFNO2. The summed E-state index contributed by atoms with van der Waals surface area (Å²) < 4.78 is 13.2. The number of hydrogen-bond donors (Lipinski definition) is 1. The molecule has 1 aliphatic heterocycles. The van der Waals surface area contributed by atoms with Gasteiger partial charge >= 0.3 is 5.97 Å². The van der Waals surface area contributed by atoms with Crippen molar-refractivity contribution in [1.82, 2.24) is 4.90 Å². The van der Waals surface area contributed by atoms with Crippen LogP contribution in [-0.4, -0.2) is 29.1 Å². The first kappa shape index (κ1) is 13.3. The summed E-state index contributed by atoms with van der Waals surface area (Å²) in [6, 6.07) is 4.41. The number of carboxylic acid groups (broad SMARTS) is 1. The fraction of sp³-hybridized carbons (Fsp3) is 0.462. The van der Waals surface area contributed by atoms with E-state index >= 15 is 0 Å². The van der Waals surface area contributed by atoms with Gasteiger partial charge < -0.3 is 5.11 Å². The Labute approximate surface area is 110 Å². The summed E-state index contributed by atoms with van der Waals surface area (Å²) in [6.07, 6.45) is 0. The van der Waals surface area contributed by atoms with Gasteiger partial charge in [0.05, 0.1) is 5.92 Å². The summed E-state index contributed by atoms with van der Waals surface area (Å²) in [5, 5.41) is 9.42. The van der Waals surface area contributed by atoms with Gasteiger partial charge in [0, 0.05) is 24.7 Å². The molecule has 5 heteroatoms. The number of likely N-dealkylation sites (tertiary alicyclic amines) is 1. The van der Waals surface area contributed by atoms with Crippen molar-refractivity contribution < 1.29 is 14.3 Å². The van der Waals surface area contributed by atoms with Crippen LogP contribution in [0.25, 0.3) is 0 Å². The van der Waals surface area contributed by atoms with Gasteiger partial charge in [-0.1, -0.05) is 18.5 Å². The predicted octanol–water partition coefficient (Wildman–Crippen LogP) is 2.63. The highest BCUT2D eigenvalue weighted by Crippen LogP contribution is 2.25. The van der Waals surface area contributed by atoms with E-state index in [2.05, 4.69) is 0 Å². The monoisotopic (exact) mass is 271 g/mol. The van der Waals surface area contributed by atoms with Gasteiger partial charge in [0.2, 0.25) is 0 Å². The van der Waals surface area contributed by atoms with Gasteiger partial charge in [-0.3, -0.25) is 9.69 Å². The van der Waals surface area contributed by atoms with Crippen LogP contribution in [0.3, 0.4) is 0 Å². The molecule has 0 radical (unpaired) electrons. The van der Waals surface area contributed by atoms with Gasteiger partial charge in [0.1, 0.15) is 5.82 Å². The molecule has 0 aromatic heterocycles. The van der Waals surface area contributed by atoms with Crippen LogP contribution in [0.15, 0.2) is 18.2 Å². The maximum Gasteiger partial charge on any atom is 0.308 e. The standard InChI is InChI=1S/C13H15ClFNO2/c1-8-5-16(7-12(8)13(17)18)6-9-2-10(14)4-11(15)3-9/h2-4,8,12H,5-7H2,1H3,(H,17,18). The van der Waals surface area contributed by atoms with E-state index < -0.39 is 5.97 Å². The number of aliphatic carboxylic acids is 1. The van der Waals surface area contributed by atoms with Crippen molar-refractivity contribution in [3.63, 3.8) is 0 Å². The lowest BCUT2D eigenvalue weighted by Gasteiger charge is -2.15. The molecule has 1 saturated heterocycles. The Kier molecular flexibility index (Phi) is 3.88. The van der Waals surface area contributed by atoms with E-state index in [0.29, 0.717) is 24.7 Å². The second-order valence-electron chi connectivity index (χ2n) is 4.89. The zero-order valence-corrected chi connectivity index (χ0v) is 10.8. The minimum atomic E-state index is -0.762. The molecule has 1 aliphatic rings. The van der Waals surface area contributed by atoms with Crippen LogP contribution >= 0.6 is 11.6 Å². The van der Waals surface area contributed by atoms with E-state index in [9.17, 15) is 9.18 Å². The number of benzene rings is 1. The fourth-order valence-electron chi connectivity index (χ4n) is 2.48. The molecule has 0 spiro atoms. The first-order valence-corrected chi connectivity index (χ1v) is 6.23. The van der Waals surface area contributed by atoms with Crippen LogP contribution in [0.4, 0.5) is 4.39 Å². The van der Waals surface area contributed by atoms with E-state index in [1.54, 1.807) is 6.07 Å². The lowest BCUT2D eigenvalue weighted by Crippen LogP contribution is -2.23. The van der Waals surface area contributed by atoms with E-state index in [4.69, 9.17) is 16.7 Å². The molecule has 1 fully saturated rings. The number of carboxylic acids is 1. The molecule has 2 rings (SSSR count). The number of rotatable bonds is 3. The minimum Gasteiger partial charge on any atom is -0.481 e. The second-order valence-corrected chi connectivity index (χ2v) is 5.33. The molecule has 0 aliphatic carbocycles. The lowest BCUT2D eigenvalue weighted by atomic mass is 9.99. The molecule has 1 heterocycles. The van der Waals surface area contributed by atoms with Crippen molar-refractivity contribution in [3.8, 4) is 0 Å². The van der Waals surface area contributed by atoms with Crippen molar-refractivity contribution >= 4 is 17.6 Å². The summed E-state index contributed by atoms with van der Waals surface area (Å²) >= 11 is 5.79. The smallest absolute Gasteiger partial charge is 0.308 e. The Hall–Kier alpha value is -1.13. The van der Waals surface area contributed by atoms with E-state index in [1.807, 2.05) is 11.8 Å². The van der Waals surface area contributed by atoms with Crippen LogP contribution in [-0.2, 0) is 11.3 Å². The average molecular weight is 272 g/mol. The van der Waals surface area contributed by atoms with Crippen molar-refractivity contribution in [3.05, 3.63) is 34.6 Å². The SMILES string of the molecule is CC1CN(Cc2cc(F)cc(Cl)c2)CC1C(=O)O. The summed E-state index contributed by atoms with van der Waals surface area (Å²) in [7, 11) is 0. The van der Waals surface area contributed by atoms with Gasteiger partial charge in [-0.2, -0.15) is 0 Å². The molecule has 18 heavy (non-hydrogen) atoms. The summed E-state index contributed by atoms with van der Waals surface area (Å²) in [5.41, 5.74) is 0.776. The average Bonchev–Trinajstić information content (AvgIpc) is 2.57. The Morgan fingerprint density at radius 3 is 2.78 bits per heavy atom. The first-order valence-electron chi connectivity index (χ1n) is 5.86. The number of hydrogen-bond acceptors (Lipinski definition) is 2. The molecule has 1 N–H and O–H groups in total. The fourth-order valence-corrected chi connectivity index (χ4v) is 2.72.